The van der Waals surface area contributed by atoms with Crippen LogP contribution in [0.2, 0.25) is 0 Å². The summed E-state index contributed by atoms with van der Waals surface area (Å²) >= 11 is 0. The number of nitrogens with one attached hydrogen (secondary N) is 1. The number of rotatable bonds is 4. The van der Waals surface area contributed by atoms with Gasteiger partial charge in [0.2, 0.25) is 0 Å². The summed E-state index contributed by atoms with van der Waals surface area (Å²) in [5.41, 5.74) is 0. The molecule has 2 nitrogen and oxygen atoms in total. The molecule has 0 bridgehead atoms. The van der Waals surface area contributed by atoms with E-state index in [-0.39, 0.29) is 5.92 Å². The van der Waals surface area contributed by atoms with Gasteiger partial charge in [0.1, 0.15) is 5.78 Å². The van der Waals surface area contributed by atoms with Gasteiger partial charge in [-0.1, -0.05) is 13.8 Å². The molecule has 0 saturated heterocycles. The Balaban J connectivity index is 2.37. The van der Waals surface area contributed by atoms with Gasteiger partial charge < -0.3 is 5.32 Å². The van der Waals surface area contributed by atoms with Gasteiger partial charge in [-0.3, -0.25) is 4.79 Å². The van der Waals surface area contributed by atoms with Crippen molar-refractivity contribution in [2.75, 3.05) is 7.05 Å². The highest BCUT2D eigenvalue weighted by Gasteiger charge is 2.27. The van der Waals surface area contributed by atoms with Crippen molar-refractivity contribution >= 4 is 5.78 Å². The molecule has 1 fully saturated rings. The predicted molar refractivity (Wildman–Crippen MR) is 59.3 cm³/mol. The molecule has 1 atom stereocenters. The molecule has 0 radical (unpaired) electrons. The van der Waals surface area contributed by atoms with Crippen molar-refractivity contribution in [2.45, 2.75) is 52.0 Å². The Morgan fingerprint density at radius 2 is 1.93 bits per heavy atom. The summed E-state index contributed by atoms with van der Waals surface area (Å²) in [4.78, 5) is 11.9. The first-order valence-electron chi connectivity index (χ1n) is 5.90. The van der Waals surface area contributed by atoms with Gasteiger partial charge in [-0.15, -0.1) is 0 Å². The average Bonchev–Trinajstić information content (AvgIpc) is 2.27. The lowest BCUT2D eigenvalue weighted by atomic mass is 9.79. The minimum Gasteiger partial charge on any atom is -0.317 e. The smallest absolute Gasteiger partial charge is 0.138 e. The summed E-state index contributed by atoms with van der Waals surface area (Å²) in [5, 5.41) is 3.30. The van der Waals surface area contributed by atoms with Crippen molar-refractivity contribution in [3.05, 3.63) is 0 Å². The second-order valence-corrected chi connectivity index (χ2v) is 4.55. The highest BCUT2D eigenvalue weighted by Crippen LogP contribution is 2.27. The molecule has 1 unspecified atom stereocenters. The van der Waals surface area contributed by atoms with Crippen molar-refractivity contribution in [3.8, 4) is 0 Å². The van der Waals surface area contributed by atoms with Gasteiger partial charge in [0.05, 0.1) is 0 Å². The highest BCUT2D eigenvalue weighted by molar-refractivity contribution is 5.83. The zero-order valence-electron chi connectivity index (χ0n) is 9.68. The monoisotopic (exact) mass is 197 g/mol. The maximum absolute atomic E-state index is 11.9. The minimum atomic E-state index is 0.270. The Morgan fingerprint density at radius 1 is 1.36 bits per heavy atom. The molecular formula is C12H23NO. The Morgan fingerprint density at radius 3 is 2.36 bits per heavy atom. The van der Waals surface area contributed by atoms with Gasteiger partial charge >= 0.3 is 0 Å². The van der Waals surface area contributed by atoms with Gasteiger partial charge in [0.15, 0.2) is 0 Å². The third-order valence-corrected chi connectivity index (χ3v) is 3.64. The maximum Gasteiger partial charge on any atom is 0.138 e. The summed E-state index contributed by atoms with van der Waals surface area (Å²) in [6.07, 6.45) is 5.51. The lowest BCUT2D eigenvalue weighted by Crippen LogP contribution is -2.33. The molecule has 0 spiro atoms. The Hall–Kier alpha value is -0.370. The Labute approximate surface area is 87.5 Å². The van der Waals surface area contributed by atoms with Crippen LogP contribution < -0.4 is 5.32 Å². The van der Waals surface area contributed by atoms with Crippen molar-refractivity contribution < 1.29 is 4.79 Å². The summed E-state index contributed by atoms with van der Waals surface area (Å²) in [6, 6.07) is 0.649. The van der Waals surface area contributed by atoms with Crippen LogP contribution in [0.5, 0.6) is 0 Å². The van der Waals surface area contributed by atoms with E-state index < -0.39 is 0 Å². The number of carbonyl (C=O) groups excluding carboxylic acids is 1. The fourth-order valence-electron chi connectivity index (χ4n) is 2.27. The standard InChI is InChI=1S/C12H23NO/c1-4-9(2)12(14)10-5-7-11(13-3)8-6-10/h9-11,13H,4-8H2,1-3H3. The number of carbonyl (C=O) groups is 1. The van der Waals surface area contributed by atoms with Crippen LogP contribution in [0.4, 0.5) is 0 Å². The highest BCUT2D eigenvalue weighted by atomic mass is 16.1. The topological polar surface area (TPSA) is 29.1 Å². The molecule has 82 valence electrons. The Bertz CT molecular complexity index is 183. The molecule has 0 aliphatic heterocycles. The average molecular weight is 197 g/mol. The van der Waals surface area contributed by atoms with Crippen LogP contribution in [-0.4, -0.2) is 18.9 Å². The van der Waals surface area contributed by atoms with Crippen molar-refractivity contribution in [2.24, 2.45) is 11.8 Å². The molecule has 0 aromatic rings. The zero-order valence-corrected chi connectivity index (χ0v) is 9.68. The summed E-state index contributed by atoms with van der Waals surface area (Å²) < 4.78 is 0. The van der Waals surface area contributed by atoms with Gasteiger partial charge in [0, 0.05) is 17.9 Å². The first-order valence-corrected chi connectivity index (χ1v) is 5.90. The van der Waals surface area contributed by atoms with Gasteiger partial charge in [-0.25, -0.2) is 0 Å². The van der Waals surface area contributed by atoms with E-state index >= 15 is 0 Å². The third kappa shape index (κ3) is 2.81. The van der Waals surface area contributed by atoms with Crippen LogP contribution in [0, 0.1) is 11.8 Å². The van der Waals surface area contributed by atoms with Gasteiger partial charge in [-0.2, -0.15) is 0 Å². The second-order valence-electron chi connectivity index (χ2n) is 4.55. The van der Waals surface area contributed by atoms with Crippen LogP contribution in [0.15, 0.2) is 0 Å². The van der Waals surface area contributed by atoms with Crippen LogP contribution in [-0.2, 0) is 4.79 Å². The molecule has 2 heteroatoms. The largest absolute Gasteiger partial charge is 0.317 e. The molecule has 0 heterocycles. The van der Waals surface area contributed by atoms with Gasteiger partial charge in [0.25, 0.3) is 0 Å². The lowest BCUT2D eigenvalue weighted by molar-refractivity contribution is -0.127. The summed E-state index contributed by atoms with van der Waals surface area (Å²) in [6.45, 7) is 4.16. The van der Waals surface area contributed by atoms with Gasteiger partial charge in [-0.05, 0) is 39.2 Å². The first-order chi connectivity index (χ1) is 6.69. The fraction of sp³-hybridized carbons (Fsp3) is 0.917. The molecule has 14 heavy (non-hydrogen) atoms. The Kier molecular flexibility index (Phi) is 4.59. The molecule has 1 N–H and O–H groups in total. The molecule has 1 aliphatic rings. The second kappa shape index (κ2) is 5.50. The van der Waals surface area contributed by atoms with Crippen LogP contribution in [0.1, 0.15) is 46.0 Å². The number of ketones is 1. The first kappa shape index (κ1) is 11.7. The molecule has 0 aromatic carbocycles. The van der Waals surface area contributed by atoms with E-state index in [1.807, 2.05) is 7.05 Å². The summed E-state index contributed by atoms with van der Waals surface area (Å²) in [5.74, 6) is 1.13. The van der Waals surface area contributed by atoms with Crippen LogP contribution >= 0.6 is 0 Å². The fourth-order valence-corrected chi connectivity index (χ4v) is 2.27. The van der Waals surface area contributed by atoms with E-state index in [1.54, 1.807) is 0 Å². The van der Waals surface area contributed by atoms with Crippen molar-refractivity contribution in [1.29, 1.82) is 0 Å². The molecule has 1 saturated carbocycles. The molecule has 1 aliphatic carbocycles. The van der Waals surface area contributed by atoms with E-state index in [2.05, 4.69) is 19.2 Å². The minimum absolute atomic E-state index is 0.270. The third-order valence-electron chi connectivity index (χ3n) is 3.64. The van der Waals surface area contributed by atoms with E-state index in [4.69, 9.17) is 0 Å². The molecule has 0 amide bonds. The molecule has 1 rings (SSSR count). The van der Waals surface area contributed by atoms with Crippen molar-refractivity contribution in [1.82, 2.24) is 5.32 Å². The number of Topliss-reactive ketones (excluding diaryl/α,β-unsaturated/α-hetero) is 1. The van der Waals surface area contributed by atoms with Crippen molar-refractivity contribution in [3.63, 3.8) is 0 Å². The van der Waals surface area contributed by atoms with E-state index in [0.29, 0.717) is 17.7 Å². The lowest BCUT2D eigenvalue weighted by Gasteiger charge is -2.28. The SMILES string of the molecule is CCC(C)C(=O)C1CCC(NC)CC1. The maximum atomic E-state index is 11.9. The summed E-state index contributed by atoms with van der Waals surface area (Å²) in [7, 11) is 2.02. The normalized spacial score (nSPS) is 29.9. The van der Waals surface area contributed by atoms with Crippen LogP contribution in [0.3, 0.4) is 0 Å². The van der Waals surface area contributed by atoms with E-state index in [1.165, 1.54) is 12.8 Å². The number of hydrogen-bond acceptors (Lipinski definition) is 2. The van der Waals surface area contributed by atoms with Crippen LogP contribution in [0.25, 0.3) is 0 Å². The molecule has 0 aromatic heterocycles. The van der Waals surface area contributed by atoms with E-state index in [0.717, 1.165) is 19.3 Å². The predicted octanol–water partition coefficient (Wildman–Crippen LogP) is 2.38. The number of hydrogen-bond donors (Lipinski definition) is 1. The van der Waals surface area contributed by atoms with E-state index in [9.17, 15) is 4.79 Å². The zero-order chi connectivity index (χ0) is 10.6. The quantitative estimate of drug-likeness (QED) is 0.749. The molecular weight excluding hydrogens is 174 g/mol.